The van der Waals surface area contributed by atoms with Crippen LogP contribution in [0.4, 0.5) is 5.82 Å². The summed E-state index contributed by atoms with van der Waals surface area (Å²) < 4.78 is 29.3. The molecule has 1 atom stereocenters. The maximum absolute atomic E-state index is 13.5. The number of hydrogen-bond acceptors (Lipinski definition) is 7. The second-order valence-electron chi connectivity index (χ2n) is 8.99. The fourth-order valence-corrected chi connectivity index (χ4v) is 7.65. The van der Waals surface area contributed by atoms with Gasteiger partial charge in [-0.25, -0.2) is 18.4 Å². The van der Waals surface area contributed by atoms with Gasteiger partial charge in [0.1, 0.15) is 16.4 Å². The SMILES string of the molecule is CC(C)[C@H]1CN(S(=O)(=O)c2cc3ccc(Cl)cc3s2)CC(=O)N1Cc1ccc2c(N)ncnc2c1. The van der Waals surface area contributed by atoms with Crippen LogP contribution in [0.2, 0.25) is 5.02 Å². The molecule has 2 aromatic heterocycles. The highest BCUT2D eigenvalue weighted by Gasteiger charge is 2.40. The summed E-state index contributed by atoms with van der Waals surface area (Å²) in [5, 5.41) is 2.11. The molecule has 0 spiro atoms. The topological polar surface area (TPSA) is 109 Å². The van der Waals surface area contributed by atoms with Gasteiger partial charge in [-0.3, -0.25) is 4.79 Å². The Labute approximate surface area is 212 Å². The normalized spacial score (nSPS) is 17.7. The van der Waals surface area contributed by atoms with Gasteiger partial charge in [0.15, 0.2) is 0 Å². The molecule has 182 valence electrons. The van der Waals surface area contributed by atoms with Crippen LogP contribution in [-0.2, 0) is 21.4 Å². The molecule has 0 radical (unpaired) electrons. The molecule has 8 nitrogen and oxygen atoms in total. The number of amides is 1. The summed E-state index contributed by atoms with van der Waals surface area (Å²) in [5.74, 6) is 0.224. The number of benzene rings is 2. The van der Waals surface area contributed by atoms with Crippen molar-refractivity contribution in [3.63, 3.8) is 0 Å². The van der Waals surface area contributed by atoms with Gasteiger partial charge in [-0.1, -0.05) is 37.6 Å². The van der Waals surface area contributed by atoms with Gasteiger partial charge in [0, 0.05) is 34.2 Å². The van der Waals surface area contributed by atoms with E-state index in [1.807, 2.05) is 32.0 Å². The van der Waals surface area contributed by atoms with E-state index in [-0.39, 0.29) is 35.2 Å². The average Bonchev–Trinajstić information content (AvgIpc) is 3.24. The third-order valence-corrected chi connectivity index (χ3v) is 9.92. The number of sulfonamides is 1. The Balaban J connectivity index is 1.42. The van der Waals surface area contributed by atoms with Crippen molar-refractivity contribution in [2.24, 2.45) is 5.92 Å². The van der Waals surface area contributed by atoms with Crippen molar-refractivity contribution in [3.05, 3.63) is 59.4 Å². The van der Waals surface area contributed by atoms with E-state index in [4.69, 9.17) is 17.3 Å². The van der Waals surface area contributed by atoms with Crippen LogP contribution in [0.1, 0.15) is 19.4 Å². The molecule has 1 aliphatic heterocycles. The van der Waals surface area contributed by atoms with Crippen molar-refractivity contribution in [3.8, 4) is 0 Å². The largest absolute Gasteiger partial charge is 0.383 e. The molecule has 11 heteroatoms. The number of nitrogens with two attached hydrogens (primary N) is 1. The van der Waals surface area contributed by atoms with Crippen molar-refractivity contribution in [1.29, 1.82) is 0 Å². The molecule has 0 aliphatic carbocycles. The van der Waals surface area contributed by atoms with Gasteiger partial charge in [-0.05, 0) is 47.2 Å². The number of rotatable bonds is 5. The molecular weight excluding hydrogens is 506 g/mol. The van der Waals surface area contributed by atoms with Crippen LogP contribution in [0.15, 0.2) is 53.0 Å². The second-order valence-corrected chi connectivity index (χ2v) is 12.7. The van der Waals surface area contributed by atoms with Crippen molar-refractivity contribution >= 4 is 65.7 Å². The van der Waals surface area contributed by atoms with E-state index in [1.54, 1.807) is 29.2 Å². The Morgan fingerprint density at radius 3 is 2.74 bits per heavy atom. The Morgan fingerprint density at radius 2 is 1.97 bits per heavy atom. The highest BCUT2D eigenvalue weighted by Crippen LogP contribution is 2.34. The van der Waals surface area contributed by atoms with Crippen molar-refractivity contribution in [1.82, 2.24) is 19.2 Å². The first-order valence-electron chi connectivity index (χ1n) is 11.1. The summed E-state index contributed by atoms with van der Waals surface area (Å²) in [7, 11) is -3.84. The number of halogens is 1. The van der Waals surface area contributed by atoms with Crippen molar-refractivity contribution in [2.75, 3.05) is 18.8 Å². The molecule has 1 aliphatic rings. The highest BCUT2D eigenvalue weighted by molar-refractivity contribution is 7.91. The lowest BCUT2D eigenvalue weighted by Crippen LogP contribution is -2.58. The van der Waals surface area contributed by atoms with Gasteiger partial charge in [-0.2, -0.15) is 4.31 Å². The van der Waals surface area contributed by atoms with Crippen LogP contribution in [0.3, 0.4) is 0 Å². The van der Waals surface area contributed by atoms with Gasteiger partial charge >= 0.3 is 0 Å². The van der Waals surface area contributed by atoms with Crippen LogP contribution in [-0.4, -0.2) is 52.6 Å². The van der Waals surface area contributed by atoms with Gasteiger partial charge in [0.2, 0.25) is 5.91 Å². The van der Waals surface area contributed by atoms with E-state index >= 15 is 0 Å². The van der Waals surface area contributed by atoms with Gasteiger partial charge in [-0.15, -0.1) is 11.3 Å². The first-order valence-corrected chi connectivity index (χ1v) is 13.7. The smallest absolute Gasteiger partial charge is 0.253 e. The summed E-state index contributed by atoms with van der Waals surface area (Å²) in [6.45, 7) is 4.37. The number of carbonyl (C=O) groups excluding carboxylic acids is 1. The van der Waals surface area contributed by atoms with Crippen LogP contribution < -0.4 is 5.73 Å². The first-order chi connectivity index (χ1) is 16.6. The zero-order valence-electron chi connectivity index (χ0n) is 19.2. The first kappa shape index (κ1) is 23.9. The van der Waals surface area contributed by atoms with Crippen LogP contribution in [0.25, 0.3) is 21.0 Å². The number of hydrogen-bond donors (Lipinski definition) is 1. The van der Waals surface area contributed by atoms with E-state index in [0.29, 0.717) is 22.9 Å². The average molecular weight is 530 g/mol. The summed E-state index contributed by atoms with van der Waals surface area (Å²) in [6.07, 6.45) is 1.41. The number of thiophene rings is 1. The van der Waals surface area contributed by atoms with E-state index < -0.39 is 10.0 Å². The number of carbonyl (C=O) groups is 1. The number of aromatic nitrogens is 2. The molecule has 2 N–H and O–H groups in total. The van der Waals surface area contributed by atoms with Gasteiger partial charge in [0.25, 0.3) is 10.0 Å². The lowest BCUT2D eigenvalue weighted by atomic mass is 9.99. The molecule has 0 saturated carbocycles. The molecule has 1 saturated heterocycles. The van der Waals surface area contributed by atoms with Crippen molar-refractivity contribution < 1.29 is 13.2 Å². The summed E-state index contributed by atoms with van der Waals surface area (Å²) in [6, 6.07) is 12.3. The highest BCUT2D eigenvalue weighted by atomic mass is 35.5. The fourth-order valence-electron chi connectivity index (χ4n) is 4.41. The summed E-state index contributed by atoms with van der Waals surface area (Å²) >= 11 is 7.24. The summed E-state index contributed by atoms with van der Waals surface area (Å²) in [4.78, 5) is 23.4. The molecule has 1 amide bonds. The molecule has 3 heterocycles. The van der Waals surface area contributed by atoms with Gasteiger partial charge < -0.3 is 10.6 Å². The maximum atomic E-state index is 13.5. The number of nitrogens with zero attached hydrogens (tertiary/aromatic N) is 4. The molecule has 4 aromatic rings. The zero-order valence-corrected chi connectivity index (χ0v) is 21.6. The molecule has 1 fully saturated rings. The number of fused-ring (bicyclic) bond motifs is 2. The number of piperazine rings is 1. The molecule has 0 bridgehead atoms. The van der Waals surface area contributed by atoms with Crippen LogP contribution in [0, 0.1) is 5.92 Å². The lowest BCUT2D eigenvalue weighted by Gasteiger charge is -2.42. The zero-order chi connectivity index (χ0) is 24.9. The van der Waals surface area contributed by atoms with Crippen molar-refractivity contribution in [2.45, 2.75) is 30.6 Å². The number of nitrogen functional groups attached to an aromatic ring is 1. The molecule has 35 heavy (non-hydrogen) atoms. The van der Waals surface area contributed by atoms with E-state index in [9.17, 15) is 13.2 Å². The molecule has 0 unspecified atom stereocenters. The van der Waals surface area contributed by atoms with E-state index in [0.717, 1.165) is 21.0 Å². The quantitative estimate of drug-likeness (QED) is 0.416. The van der Waals surface area contributed by atoms with Gasteiger partial charge in [0.05, 0.1) is 12.1 Å². The third-order valence-electron chi connectivity index (χ3n) is 6.33. The third kappa shape index (κ3) is 4.47. The molecule has 2 aromatic carbocycles. The number of anilines is 1. The maximum Gasteiger partial charge on any atom is 0.253 e. The van der Waals surface area contributed by atoms with Crippen LogP contribution in [0.5, 0.6) is 0 Å². The Bertz CT molecular complexity index is 1550. The lowest BCUT2D eigenvalue weighted by molar-refractivity contribution is -0.139. The molecule has 5 rings (SSSR count). The minimum Gasteiger partial charge on any atom is -0.383 e. The second kappa shape index (κ2) is 9.02. The Morgan fingerprint density at radius 1 is 1.17 bits per heavy atom. The predicted molar refractivity (Wildman–Crippen MR) is 139 cm³/mol. The Kier molecular flexibility index (Phi) is 6.16. The van der Waals surface area contributed by atoms with E-state index in [2.05, 4.69) is 9.97 Å². The standard InChI is InChI=1S/C24H24ClN5O3S2/c1-14(2)20-11-29(35(32,33)23-8-16-4-5-17(25)9-21(16)34-23)12-22(31)30(20)10-15-3-6-18-19(7-15)27-13-28-24(18)26/h3-9,13-14,20H,10-12H2,1-2H3,(H2,26,27,28)/t20-/m1/s1. The fraction of sp³-hybridized carbons (Fsp3) is 0.292. The Hall–Kier alpha value is -2.79. The molecular formula is C24H24ClN5O3S2. The van der Waals surface area contributed by atoms with Crippen LogP contribution >= 0.6 is 22.9 Å². The predicted octanol–water partition coefficient (Wildman–Crippen LogP) is 4.14. The minimum absolute atomic E-state index is 0.0524. The minimum atomic E-state index is -3.84. The monoisotopic (exact) mass is 529 g/mol. The summed E-state index contributed by atoms with van der Waals surface area (Å²) in [5.41, 5.74) is 7.53. The van der Waals surface area contributed by atoms with E-state index in [1.165, 1.54) is 22.0 Å².